The molecule has 1 aromatic rings. The molecule has 21 nitrogen and oxygen atoms in total. The second-order valence-corrected chi connectivity index (χ2v) is 28.1. The number of carbonyl (C=O) groups excluding carboxylic acids is 4. The van der Waals surface area contributed by atoms with Gasteiger partial charge in [0.25, 0.3) is 0 Å². The summed E-state index contributed by atoms with van der Waals surface area (Å²) in [7, 11) is 6.27. The molecular weight excluding hydrogens is 1210 g/mol. The Bertz CT molecular complexity index is 2660. The number of morpholine rings is 1. The number of nitrogens with zero attached hydrogens (tertiary/aromatic N) is 4. The Morgan fingerprint density at radius 3 is 2.21 bits per heavy atom. The Morgan fingerprint density at radius 1 is 0.921 bits per heavy atom. The molecule has 24 heteroatoms. The lowest BCUT2D eigenvalue weighted by Crippen LogP contribution is -2.62. The molecule has 89 heavy (non-hydrogen) atoms. The molecule has 0 radical (unpaired) electrons. The minimum atomic E-state index is -1.52. The summed E-state index contributed by atoms with van der Waals surface area (Å²) in [5, 5.41) is 23.5. The number of amides is 2. The van der Waals surface area contributed by atoms with E-state index in [4.69, 9.17) is 75.3 Å². The van der Waals surface area contributed by atoms with Crippen LogP contribution in [0.15, 0.2) is 45.0 Å². The number of aliphatic hydroxyl groups excluding tert-OH is 2. The zero-order chi connectivity index (χ0) is 65.4. The van der Waals surface area contributed by atoms with Crippen molar-refractivity contribution < 1.29 is 81.5 Å². The number of allylic oxidation sites excluding steroid dienone is 1. The van der Waals surface area contributed by atoms with Crippen molar-refractivity contribution in [3.05, 3.63) is 40.0 Å². The fourth-order valence-corrected chi connectivity index (χ4v) is 16.3. The van der Waals surface area contributed by atoms with E-state index < -0.39 is 125 Å². The average Bonchev–Trinajstić information content (AvgIpc) is 1.75. The van der Waals surface area contributed by atoms with Crippen LogP contribution in [-0.2, 0) is 57.0 Å². The molecule has 5 aliphatic heterocycles. The number of carbonyl (C=O) groups is 4. The van der Waals surface area contributed by atoms with Crippen LogP contribution in [0.2, 0.25) is 0 Å². The van der Waals surface area contributed by atoms with Crippen LogP contribution in [-0.4, -0.2) is 214 Å². The normalized spacial score (nSPS) is 37.4. The molecule has 0 unspecified atom stereocenters. The number of hydrogen-bond acceptors (Lipinski definition) is 20. The summed E-state index contributed by atoms with van der Waals surface area (Å²) >= 11 is 14.9. The highest BCUT2D eigenvalue weighted by Crippen LogP contribution is 2.50. The van der Waals surface area contributed by atoms with Crippen molar-refractivity contribution in [2.45, 2.75) is 217 Å². The Labute approximate surface area is 541 Å². The van der Waals surface area contributed by atoms with Gasteiger partial charge >= 0.3 is 18.0 Å². The summed E-state index contributed by atoms with van der Waals surface area (Å²) < 4.78 is 70.5. The minimum Gasteiger partial charge on any atom is -0.493 e. The molecule has 1 aromatic carbocycles. The van der Waals surface area contributed by atoms with Crippen LogP contribution in [0.25, 0.3) is 0 Å². The molecule has 502 valence electrons. The van der Waals surface area contributed by atoms with E-state index in [1.54, 1.807) is 60.6 Å². The molecule has 7 rings (SSSR count). The summed E-state index contributed by atoms with van der Waals surface area (Å²) in [4.78, 5) is 69.1. The van der Waals surface area contributed by atoms with Gasteiger partial charge in [0.15, 0.2) is 29.7 Å². The van der Waals surface area contributed by atoms with Gasteiger partial charge in [0.1, 0.15) is 29.3 Å². The molecule has 1 saturated carbocycles. The van der Waals surface area contributed by atoms with Crippen molar-refractivity contribution in [2.75, 3.05) is 78.4 Å². The summed E-state index contributed by atoms with van der Waals surface area (Å²) in [6.07, 6.45) is -3.30. The van der Waals surface area contributed by atoms with Crippen molar-refractivity contribution in [2.24, 2.45) is 34.6 Å². The van der Waals surface area contributed by atoms with E-state index in [0.29, 0.717) is 72.2 Å². The number of benzene rings is 1. The number of esters is 2. The second kappa shape index (κ2) is 31.4. The fraction of sp³-hybridized carbons (Fsp3) is 0.769. The number of aliphatic imine (C=N–C) groups is 1. The first-order valence-electron chi connectivity index (χ1n) is 31.6. The van der Waals surface area contributed by atoms with Crippen LogP contribution < -0.4 is 14.4 Å². The number of aliphatic hydroxyl groups is 2. The zero-order valence-electron chi connectivity index (χ0n) is 54.9. The molecular formula is C65H100Cl2N4O17S. The molecule has 1 aliphatic carbocycles. The van der Waals surface area contributed by atoms with E-state index in [1.807, 2.05) is 52.8 Å². The van der Waals surface area contributed by atoms with E-state index in [-0.39, 0.29) is 43.7 Å². The number of halogens is 2. The SMILES string of the molecule is C=N/C=C(Cl)\C(CN(CCS[C@@H]1C(=O)O[C@@]2(C)[C@H]1[C@@H](C)C(=O)[C@H](C)C[C@@](C)(OC)[C@H](O[C@@H]1O[C@H](C)C[C@H](N(C)C(=O)N3CCOCC3)[C@H]1O)[C@@H](C)[C@H](O[C@H]1C[C@@](C)(OC)[C@@H](O)[C@H](C)O1)[C@@H](C)C(=O)O[C@@H]2CC)c1ccc(OC)c(OC2CCCC2)c1)=C(/C)Cl. The largest absolute Gasteiger partial charge is 0.493 e. The minimum absolute atomic E-state index is 0.0407. The van der Waals surface area contributed by atoms with Gasteiger partial charge < -0.3 is 77.0 Å². The Kier molecular flexibility index (Phi) is 25.7. The van der Waals surface area contributed by atoms with Crippen LogP contribution in [0.3, 0.4) is 0 Å². The van der Waals surface area contributed by atoms with Crippen molar-refractivity contribution >= 4 is 71.1 Å². The number of urea groups is 1. The monoisotopic (exact) mass is 1310 g/mol. The van der Waals surface area contributed by atoms with Crippen molar-refractivity contribution in [1.29, 1.82) is 0 Å². The van der Waals surface area contributed by atoms with Gasteiger partial charge in [-0.2, -0.15) is 0 Å². The molecule has 6 fully saturated rings. The predicted octanol–water partition coefficient (Wildman–Crippen LogP) is 9.31. The highest BCUT2D eigenvalue weighted by Gasteiger charge is 2.62. The number of rotatable bonds is 20. The molecule has 19 atom stereocenters. The molecule has 0 spiro atoms. The van der Waals surface area contributed by atoms with E-state index in [0.717, 1.165) is 31.4 Å². The molecule has 5 saturated heterocycles. The average molecular weight is 1310 g/mol. The van der Waals surface area contributed by atoms with Crippen LogP contribution >= 0.6 is 35.0 Å². The number of fused-ring (bicyclic) bond motifs is 1. The third-order valence-electron chi connectivity index (χ3n) is 19.7. The summed E-state index contributed by atoms with van der Waals surface area (Å²) in [5.41, 5.74) is -2.68. The summed E-state index contributed by atoms with van der Waals surface area (Å²) in [6, 6.07) is 4.70. The summed E-state index contributed by atoms with van der Waals surface area (Å²) in [5.74, 6) is -4.39. The van der Waals surface area contributed by atoms with Crippen LogP contribution in [0.1, 0.15) is 128 Å². The molecule has 5 heterocycles. The van der Waals surface area contributed by atoms with Crippen LogP contribution in [0.5, 0.6) is 11.5 Å². The number of hydrogen-bond donors (Lipinski definition) is 2. The molecule has 0 aromatic heterocycles. The number of cyclic esters (lactones) is 1. The molecule has 6 aliphatic rings. The van der Waals surface area contributed by atoms with Gasteiger partial charge in [-0.15, -0.1) is 11.8 Å². The maximum atomic E-state index is 15.7. The van der Waals surface area contributed by atoms with Crippen LogP contribution in [0.4, 0.5) is 10.5 Å². The summed E-state index contributed by atoms with van der Waals surface area (Å²) in [6.45, 7) is 25.4. The topological polar surface area (TPSA) is 232 Å². The Balaban J connectivity index is 1.27. The van der Waals surface area contributed by atoms with Gasteiger partial charge in [0, 0.05) is 112 Å². The second-order valence-electron chi connectivity index (χ2n) is 25.9. The maximum Gasteiger partial charge on any atom is 0.320 e. The van der Waals surface area contributed by atoms with Gasteiger partial charge in [0.05, 0.1) is 79.0 Å². The number of Topliss-reactive ketones (excluding diaryl/α,β-unsaturated/α-hetero) is 1. The lowest BCUT2D eigenvalue weighted by atomic mass is 9.70. The van der Waals surface area contributed by atoms with Gasteiger partial charge in [0.2, 0.25) is 0 Å². The third kappa shape index (κ3) is 16.4. The van der Waals surface area contributed by atoms with Crippen LogP contribution in [0, 0.1) is 29.6 Å². The first kappa shape index (κ1) is 72.6. The third-order valence-corrected chi connectivity index (χ3v) is 21.5. The Hall–Kier alpha value is -3.78. The maximum absolute atomic E-state index is 15.7. The zero-order valence-corrected chi connectivity index (χ0v) is 57.2. The smallest absolute Gasteiger partial charge is 0.320 e. The van der Waals surface area contributed by atoms with E-state index in [1.165, 1.54) is 37.1 Å². The number of methoxy groups -OCH3 is 3. The van der Waals surface area contributed by atoms with E-state index >= 15 is 9.59 Å². The van der Waals surface area contributed by atoms with Gasteiger partial charge in [-0.25, -0.2) is 4.79 Å². The first-order chi connectivity index (χ1) is 42.1. The van der Waals surface area contributed by atoms with Gasteiger partial charge in [-0.3, -0.25) is 19.4 Å². The fourth-order valence-electron chi connectivity index (χ4n) is 14.3. The molecule has 2 amide bonds. The lowest BCUT2D eigenvalue weighted by molar-refractivity contribution is -0.319. The number of ether oxygens (including phenoxy) is 11. The van der Waals surface area contributed by atoms with Gasteiger partial charge in [-0.05, 0) is 112 Å². The lowest BCUT2D eigenvalue weighted by Gasteiger charge is -2.50. The van der Waals surface area contributed by atoms with Crippen molar-refractivity contribution in [3.63, 3.8) is 0 Å². The molecule has 2 N–H and O–H groups in total. The Morgan fingerprint density at radius 2 is 1.60 bits per heavy atom. The number of thioether (sulfide) groups is 1. The van der Waals surface area contributed by atoms with E-state index in [2.05, 4.69) is 16.6 Å². The van der Waals surface area contributed by atoms with Crippen molar-refractivity contribution in [3.8, 4) is 11.5 Å². The highest BCUT2D eigenvalue weighted by molar-refractivity contribution is 8.00. The standard InChI is InChI=1S/C65H100Cl2N4O17S/c1-17-50-65(11)52(56(60(76)88-65)89-29-26-71(35-45(41(7)66)46(67)34-68-12)43-22-23-48(78-14)49(31-43)84-44-20-18-19-21-44)38(4)53(72)36(2)32-64(10,80-16)58(87-61-54(73)47(30-37(3)82-61)69(13)62(77)70-24-27-81-28-25-70)39(5)55(40(6)59(75)85-50)86-51-33-63(9,79-15)57(74)42(8)83-51/h22-23,31,34,36-40,42,44,47,50-52,54-58,61,73-74H,12,17-21,24-30,32-33,35H2,1-11,13-16H3/b45-41+,46-34+/t36-,37-,38-,39+,40-,42+,47+,50-,51+,52+,54-,55+,56+,57+,58-,61+,63-,64-,65-/m1/s1. The number of likely N-dealkylation sites (N-methyl/N-ethyl adjacent to an activating group) is 1. The van der Waals surface area contributed by atoms with E-state index in [9.17, 15) is 19.8 Å². The number of ketones is 1. The first-order valence-corrected chi connectivity index (χ1v) is 33.4. The highest BCUT2D eigenvalue weighted by atomic mass is 35.5. The van der Waals surface area contributed by atoms with Gasteiger partial charge in [-0.1, -0.05) is 50.9 Å². The quantitative estimate of drug-likeness (QED) is 0.0703. The van der Waals surface area contributed by atoms with Crippen molar-refractivity contribution in [1.82, 2.24) is 9.80 Å². The predicted molar refractivity (Wildman–Crippen MR) is 341 cm³/mol. The molecule has 0 bridgehead atoms. The number of anilines is 1.